The van der Waals surface area contributed by atoms with Gasteiger partial charge in [0.25, 0.3) is 0 Å². The number of aromatic nitrogens is 3. The maximum atomic E-state index is 13.7. The van der Waals surface area contributed by atoms with E-state index in [2.05, 4.69) is 115 Å². The van der Waals surface area contributed by atoms with Gasteiger partial charge in [-0.1, -0.05) is 59.8 Å². The van der Waals surface area contributed by atoms with E-state index in [9.17, 15) is 4.39 Å². The number of hydrogen-bond donors (Lipinski definition) is 0. The van der Waals surface area contributed by atoms with Crippen molar-refractivity contribution in [3.05, 3.63) is 127 Å². The van der Waals surface area contributed by atoms with Gasteiger partial charge in [0.1, 0.15) is 46.5 Å². The van der Waals surface area contributed by atoms with Crippen LogP contribution in [0.5, 0.6) is 0 Å². The molecular weight excluding hydrogens is 488 g/mol. The molecule has 3 nitrogen and oxygen atoms in total. The minimum absolute atomic E-state index is 0. The van der Waals surface area contributed by atoms with E-state index in [0.717, 1.165) is 23.1 Å². The first-order chi connectivity index (χ1) is 17.1. The Hall–Kier alpha value is -3.33. The molecule has 1 heterocycles. The van der Waals surface area contributed by atoms with Crippen molar-refractivity contribution in [2.45, 2.75) is 26.1 Å². The Labute approximate surface area is 218 Å². The second-order valence-corrected chi connectivity index (χ2v) is 12.4. The van der Waals surface area contributed by atoms with E-state index in [4.69, 9.17) is 0 Å². The molecule has 0 atom stereocenters. The molecule has 0 N–H and O–H groups in total. The molecule has 0 saturated heterocycles. The molecule has 0 aliphatic carbocycles. The van der Waals surface area contributed by atoms with Crippen LogP contribution < -0.4 is 28.3 Å². The Morgan fingerprint density at radius 1 is 0.694 bits per heavy atom. The zero-order chi connectivity index (χ0) is 24.3. The van der Waals surface area contributed by atoms with Gasteiger partial charge in [0.15, 0.2) is 0 Å². The SMILES string of the molecule is CC(C)n1nnc(-c2ccc(F)cc2)c1C[P+](c1ccccc1)(c1ccccc1)c1ccccc1.[Cl-]. The molecule has 1 aromatic heterocycles. The molecule has 0 unspecified atom stereocenters. The van der Waals surface area contributed by atoms with Crippen LogP contribution in [-0.2, 0) is 6.16 Å². The normalized spacial score (nSPS) is 11.3. The van der Waals surface area contributed by atoms with Crippen LogP contribution >= 0.6 is 7.26 Å². The van der Waals surface area contributed by atoms with Gasteiger partial charge >= 0.3 is 0 Å². The minimum Gasteiger partial charge on any atom is -1.00 e. The molecular formula is C30H28ClFN3P. The fourth-order valence-corrected chi connectivity index (χ4v) is 8.93. The van der Waals surface area contributed by atoms with E-state index in [-0.39, 0.29) is 24.3 Å². The summed E-state index contributed by atoms with van der Waals surface area (Å²) in [5, 5.41) is 13.1. The lowest BCUT2D eigenvalue weighted by atomic mass is 10.1. The van der Waals surface area contributed by atoms with E-state index in [0.29, 0.717) is 0 Å². The lowest BCUT2D eigenvalue weighted by molar-refractivity contribution is -0.00000777. The molecule has 0 spiro atoms. The van der Waals surface area contributed by atoms with Crippen molar-refractivity contribution in [2.75, 3.05) is 0 Å². The van der Waals surface area contributed by atoms with E-state index < -0.39 is 7.26 Å². The molecule has 0 amide bonds. The fourth-order valence-electron chi connectivity index (χ4n) is 4.70. The van der Waals surface area contributed by atoms with Crippen LogP contribution in [0.4, 0.5) is 4.39 Å². The lowest BCUT2D eigenvalue weighted by Crippen LogP contribution is -3.00. The summed E-state index contributed by atoms with van der Waals surface area (Å²) in [7, 11) is -2.14. The van der Waals surface area contributed by atoms with Crippen LogP contribution in [0.3, 0.4) is 0 Å². The Morgan fingerprint density at radius 2 is 1.14 bits per heavy atom. The Morgan fingerprint density at radius 3 is 1.56 bits per heavy atom. The first-order valence-corrected chi connectivity index (χ1v) is 13.8. The summed E-state index contributed by atoms with van der Waals surface area (Å²) in [6, 6.07) is 39.1. The van der Waals surface area contributed by atoms with E-state index >= 15 is 0 Å². The van der Waals surface area contributed by atoms with Gasteiger partial charge in [0.2, 0.25) is 0 Å². The van der Waals surface area contributed by atoms with Gasteiger partial charge in [-0.05, 0) is 74.5 Å². The average Bonchev–Trinajstić information content (AvgIpc) is 3.33. The Balaban J connectivity index is 0.00000304. The summed E-state index contributed by atoms with van der Waals surface area (Å²) in [5.74, 6) is -0.258. The van der Waals surface area contributed by atoms with Crippen LogP contribution in [0.2, 0.25) is 0 Å². The highest BCUT2D eigenvalue weighted by molar-refractivity contribution is 7.95. The molecule has 182 valence electrons. The third kappa shape index (κ3) is 4.84. The maximum absolute atomic E-state index is 13.7. The molecule has 6 heteroatoms. The number of rotatable bonds is 7. The van der Waals surface area contributed by atoms with Gasteiger partial charge in [0.05, 0.1) is 0 Å². The monoisotopic (exact) mass is 515 g/mol. The zero-order valence-electron chi connectivity index (χ0n) is 20.3. The van der Waals surface area contributed by atoms with Gasteiger partial charge < -0.3 is 12.4 Å². The molecule has 0 aliphatic rings. The number of hydrogen-bond acceptors (Lipinski definition) is 2. The lowest BCUT2D eigenvalue weighted by Gasteiger charge is -2.28. The summed E-state index contributed by atoms with van der Waals surface area (Å²) in [4.78, 5) is 0. The minimum atomic E-state index is -2.14. The highest BCUT2D eigenvalue weighted by Crippen LogP contribution is 2.58. The molecule has 0 radical (unpaired) electrons. The highest BCUT2D eigenvalue weighted by atomic mass is 35.5. The second kappa shape index (κ2) is 11.2. The van der Waals surface area contributed by atoms with Crippen molar-refractivity contribution < 1.29 is 16.8 Å². The first-order valence-electron chi connectivity index (χ1n) is 11.8. The first kappa shape index (κ1) is 25.8. The number of benzene rings is 4. The summed E-state index contributed by atoms with van der Waals surface area (Å²) in [6.45, 7) is 4.25. The predicted molar refractivity (Wildman–Crippen MR) is 145 cm³/mol. The molecule has 4 aromatic carbocycles. The molecule has 0 aliphatic heterocycles. The zero-order valence-corrected chi connectivity index (χ0v) is 21.9. The van der Waals surface area contributed by atoms with Crippen LogP contribution in [0, 0.1) is 5.82 Å². The third-order valence-corrected chi connectivity index (χ3v) is 10.7. The van der Waals surface area contributed by atoms with Crippen molar-refractivity contribution in [3.8, 4) is 11.3 Å². The van der Waals surface area contributed by atoms with Gasteiger partial charge in [-0.15, -0.1) is 5.10 Å². The van der Waals surface area contributed by atoms with Gasteiger partial charge in [0, 0.05) is 11.6 Å². The van der Waals surface area contributed by atoms with Gasteiger partial charge in [-0.25, -0.2) is 9.07 Å². The van der Waals surface area contributed by atoms with E-state index in [1.807, 2.05) is 4.68 Å². The molecule has 5 aromatic rings. The average molecular weight is 516 g/mol. The summed E-state index contributed by atoms with van der Waals surface area (Å²) in [5.41, 5.74) is 2.75. The summed E-state index contributed by atoms with van der Waals surface area (Å²) in [6.07, 6.45) is 0.753. The standard InChI is InChI=1S/C30H28FN3P.ClH/c1-23(2)34-29(30(32-33-34)24-18-20-25(31)21-19-24)22-35(26-12-6-3-7-13-26,27-14-8-4-9-15-27)28-16-10-5-11-17-28;/h3-21,23H,22H2,1-2H3;1H/q+1;/p-1. The molecule has 0 fully saturated rings. The quantitative estimate of drug-likeness (QED) is 0.312. The smallest absolute Gasteiger partial charge is 0.123 e. The van der Waals surface area contributed by atoms with Crippen molar-refractivity contribution >= 4 is 23.2 Å². The van der Waals surface area contributed by atoms with Crippen LogP contribution in [-0.4, -0.2) is 15.0 Å². The largest absolute Gasteiger partial charge is 1.00 e. The fraction of sp³-hybridized carbons (Fsp3) is 0.133. The molecule has 0 saturated carbocycles. The topological polar surface area (TPSA) is 30.7 Å². The number of nitrogens with zero attached hydrogens (tertiary/aromatic N) is 3. The number of halogens is 2. The Bertz CT molecular complexity index is 1290. The van der Waals surface area contributed by atoms with Crippen LogP contribution in [0.15, 0.2) is 115 Å². The predicted octanol–water partition coefficient (Wildman–Crippen LogP) is 3.16. The summed E-state index contributed by atoms with van der Waals surface area (Å²) < 4.78 is 15.8. The van der Waals surface area contributed by atoms with Crippen molar-refractivity contribution in [3.63, 3.8) is 0 Å². The van der Waals surface area contributed by atoms with E-state index in [1.165, 1.54) is 28.0 Å². The second-order valence-electron chi connectivity index (χ2n) is 8.90. The van der Waals surface area contributed by atoms with Gasteiger partial charge in [-0.2, -0.15) is 0 Å². The molecule has 5 rings (SSSR count). The van der Waals surface area contributed by atoms with E-state index in [1.54, 1.807) is 12.1 Å². The highest BCUT2D eigenvalue weighted by Gasteiger charge is 2.47. The molecule has 36 heavy (non-hydrogen) atoms. The third-order valence-electron chi connectivity index (χ3n) is 6.38. The Kier molecular flexibility index (Phi) is 7.98. The van der Waals surface area contributed by atoms with Crippen molar-refractivity contribution in [1.29, 1.82) is 0 Å². The maximum Gasteiger partial charge on any atom is 0.123 e. The van der Waals surface area contributed by atoms with Crippen LogP contribution in [0.25, 0.3) is 11.3 Å². The van der Waals surface area contributed by atoms with Crippen molar-refractivity contribution in [2.24, 2.45) is 0 Å². The summed E-state index contributed by atoms with van der Waals surface area (Å²) >= 11 is 0. The van der Waals surface area contributed by atoms with Gasteiger partial charge in [-0.3, -0.25) is 0 Å². The van der Waals surface area contributed by atoms with Crippen molar-refractivity contribution in [1.82, 2.24) is 15.0 Å². The van der Waals surface area contributed by atoms with Crippen LogP contribution in [0.1, 0.15) is 25.6 Å². The molecule has 0 bridgehead atoms.